The van der Waals surface area contributed by atoms with Gasteiger partial charge in [-0.25, -0.2) is 17.5 Å². The zero-order valence-corrected chi connectivity index (χ0v) is 15.3. The first-order valence-electron chi connectivity index (χ1n) is 7.44. The number of hydrogen-bond donors (Lipinski definition) is 2. The first-order valence-corrected chi connectivity index (χ1v) is 9.70. The fraction of sp³-hybridized carbons (Fsp3) is 0.643. The molecule has 0 atom stereocenters. The van der Waals surface area contributed by atoms with Crippen LogP contribution in [0.25, 0.3) is 0 Å². The molecule has 0 saturated heterocycles. The fourth-order valence-corrected chi connectivity index (χ4v) is 5.84. The molecule has 0 spiro atoms. The van der Waals surface area contributed by atoms with Gasteiger partial charge in [0.2, 0.25) is 0 Å². The van der Waals surface area contributed by atoms with Gasteiger partial charge in [-0.2, -0.15) is 0 Å². The number of fused-ring (bicyclic) bond motifs is 1. The van der Waals surface area contributed by atoms with Gasteiger partial charge in [0, 0.05) is 25.0 Å². The molecule has 0 aliphatic carbocycles. The van der Waals surface area contributed by atoms with Gasteiger partial charge in [0.1, 0.15) is 4.21 Å². The molecule has 0 saturated carbocycles. The van der Waals surface area contributed by atoms with Crippen LogP contribution in [0.4, 0.5) is 0 Å². The van der Waals surface area contributed by atoms with E-state index < -0.39 is 16.0 Å². The summed E-state index contributed by atoms with van der Waals surface area (Å²) in [5.41, 5.74) is 0.632. The molecule has 0 amide bonds. The van der Waals surface area contributed by atoms with Gasteiger partial charge in [0.05, 0.1) is 5.56 Å². The number of carboxylic acids is 1. The summed E-state index contributed by atoms with van der Waals surface area (Å²) in [5, 5.41) is 12.7. The molecule has 1 aromatic rings. The zero-order chi connectivity index (χ0) is 17.2. The molecular weight excluding hydrogens is 338 g/mol. The van der Waals surface area contributed by atoms with Crippen LogP contribution in [0.2, 0.25) is 0 Å². The summed E-state index contributed by atoms with van der Waals surface area (Å²) in [6, 6.07) is 0. The third kappa shape index (κ3) is 3.92. The van der Waals surface area contributed by atoms with E-state index >= 15 is 0 Å². The summed E-state index contributed by atoms with van der Waals surface area (Å²) in [6.45, 7) is 2.33. The van der Waals surface area contributed by atoms with Gasteiger partial charge in [-0.05, 0) is 45.6 Å². The maximum atomic E-state index is 12.8. The van der Waals surface area contributed by atoms with E-state index in [4.69, 9.17) is 0 Å². The second-order valence-corrected chi connectivity index (χ2v) is 9.23. The topological polar surface area (TPSA) is 90.0 Å². The van der Waals surface area contributed by atoms with Crippen molar-refractivity contribution in [3.8, 4) is 0 Å². The van der Waals surface area contributed by atoms with Crippen molar-refractivity contribution >= 4 is 27.3 Å². The zero-order valence-electron chi connectivity index (χ0n) is 13.6. The number of nitrogens with one attached hydrogen (secondary N) is 1. The van der Waals surface area contributed by atoms with E-state index in [9.17, 15) is 18.3 Å². The van der Waals surface area contributed by atoms with E-state index in [1.807, 2.05) is 19.0 Å². The molecule has 23 heavy (non-hydrogen) atoms. The second kappa shape index (κ2) is 7.27. The van der Waals surface area contributed by atoms with Crippen molar-refractivity contribution in [3.63, 3.8) is 0 Å². The van der Waals surface area contributed by atoms with E-state index in [0.29, 0.717) is 38.0 Å². The van der Waals surface area contributed by atoms with Gasteiger partial charge >= 0.3 is 5.97 Å². The number of sulfonamides is 1. The average molecular weight is 361 g/mol. The SMILES string of the molecule is CN(C)CCCN(C)S(=O)(=O)c1sc2c(c1C(=O)O)CCNC2. The van der Waals surface area contributed by atoms with E-state index in [1.165, 1.54) is 11.4 Å². The monoisotopic (exact) mass is 361 g/mol. The molecule has 2 heterocycles. The molecule has 2 N–H and O–H groups in total. The predicted octanol–water partition coefficient (Wildman–Crippen LogP) is 0.664. The van der Waals surface area contributed by atoms with Crippen molar-refractivity contribution in [1.29, 1.82) is 0 Å². The minimum Gasteiger partial charge on any atom is -0.478 e. The fourth-order valence-electron chi connectivity index (χ4n) is 2.58. The number of aromatic carboxylic acids is 1. The molecule has 0 unspecified atom stereocenters. The number of hydrogen-bond acceptors (Lipinski definition) is 6. The van der Waals surface area contributed by atoms with Crippen molar-refractivity contribution < 1.29 is 18.3 Å². The Balaban J connectivity index is 2.32. The third-order valence-corrected chi connectivity index (χ3v) is 7.42. The highest BCUT2D eigenvalue weighted by molar-refractivity contribution is 7.91. The van der Waals surface area contributed by atoms with Crippen LogP contribution in [-0.4, -0.2) is 69.5 Å². The highest BCUT2D eigenvalue weighted by Gasteiger charge is 2.33. The van der Waals surface area contributed by atoms with Crippen molar-refractivity contribution in [2.24, 2.45) is 0 Å². The van der Waals surface area contributed by atoms with E-state index in [2.05, 4.69) is 5.32 Å². The minimum absolute atomic E-state index is 0.0361. The number of nitrogens with zero attached hydrogens (tertiary/aromatic N) is 2. The molecule has 1 aliphatic heterocycles. The van der Waals surface area contributed by atoms with Crippen LogP contribution in [0.1, 0.15) is 27.2 Å². The Bertz CT molecular complexity index is 682. The first-order chi connectivity index (χ1) is 10.7. The van der Waals surface area contributed by atoms with Crippen LogP contribution in [0.15, 0.2) is 4.21 Å². The van der Waals surface area contributed by atoms with Crippen LogP contribution < -0.4 is 5.32 Å². The summed E-state index contributed by atoms with van der Waals surface area (Å²) in [5.74, 6) is -1.16. The van der Waals surface area contributed by atoms with Crippen LogP contribution in [-0.2, 0) is 23.0 Å². The standard InChI is InChI=1S/C14H23N3O4S2/c1-16(2)7-4-8-17(3)23(20,21)14-12(13(18)19)10-5-6-15-9-11(10)22-14/h15H,4-9H2,1-3H3,(H,18,19). The van der Waals surface area contributed by atoms with Gasteiger partial charge < -0.3 is 15.3 Å². The lowest BCUT2D eigenvalue weighted by atomic mass is 10.1. The summed E-state index contributed by atoms with van der Waals surface area (Å²) < 4.78 is 26.8. The molecule has 0 aromatic carbocycles. The smallest absolute Gasteiger partial charge is 0.338 e. The van der Waals surface area contributed by atoms with Crippen LogP contribution in [0.5, 0.6) is 0 Å². The largest absolute Gasteiger partial charge is 0.478 e. The molecule has 1 aromatic heterocycles. The van der Waals surface area contributed by atoms with Gasteiger partial charge in [-0.15, -0.1) is 11.3 Å². The van der Waals surface area contributed by atoms with Gasteiger partial charge in [0.25, 0.3) is 10.0 Å². The maximum absolute atomic E-state index is 12.8. The molecule has 7 nitrogen and oxygen atoms in total. The average Bonchev–Trinajstić information content (AvgIpc) is 2.86. The molecule has 1 aliphatic rings. The molecule has 0 bridgehead atoms. The highest BCUT2D eigenvalue weighted by Crippen LogP contribution is 2.35. The Labute approximate surface area is 141 Å². The lowest BCUT2D eigenvalue weighted by Crippen LogP contribution is -2.30. The Morgan fingerprint density at radius 1 is 1.30 bits per heavy atom. The molecule has 2 rings (SSSR count). The maximum Gasteiger partial charge on any atom is 0.338 e. The summed E-state index contributed by atoms with van der Waals surface area (Å²) in [6.07, 6.45) is 1.24. The van der Waals surface area contributed by atoms with E-state index in [-0.39, 0.29) is 9.77 Å². The summed E-state index contributed by atoms with van der Waals surface area (Å²) in [4.78, 5) is 14.4. The van der Waals surface area contributed by atoms with Crippen molar-refractivity contribution in [1.82, 2.24) is 14.5 Å². The third-order valence-electron chi connectivity index (χ3n) is 3.83. The lowest BCUT2D eigenvalue weighted by molar-refractivity contribution is 0.0692. The second-order valence-electron chi connectivity index (χ2n) is 5.88. The predicted molar refractivity (Wildman–Crippen MR) is 89.7 cm³/mol. The number of rotatable bonds is 7. The summed E-state index contributed by atoms with van der Waals surface area (Å²) >= 11 is 1.08. The Hall–Kier alpha value is -1.00. The Kier molecular flexibility index (Phi) is 5.79. The Morgan fingerprint density at radius 2 is 2.00 bits per heavy atom. The van der Waals surface area contributed by atoms with Crippen LogP contribution >= 0.6 is 11.3 Å². The molecule has 0 radical (unpaired) electrons. The van der Waals surface area contributed by atoms with Gasteiger partial charge in [-0.1, -0.05) is 0 Å². The van der Waals surface area contributed by atoms with Crippen molar-refractivity contribution in [2.45, 2.75) is 23.6 Å². The molecular formula is C14H23N3O4S2. The normalized spacial score (nSPS) is 15.2. The van der Waals surface area contributed by atoms with Crippen LogP contribution in [0, 0.1) is 0 Å². The molecule has 130 valence electrons. The number of thiophene rings is 1. The van der Waals surface area contributed by atoms with E-state index in [1.54, 1.807) is 0 Å². The first kappa shape index (κ1) is 18.3. The number of carboxylic acid groups (broad SMARTS) is 1. The highest BCUT2D eigenvalue weighted by atomic mass is 32.2. The van der Waals surface area contributed by atoms with Crippen molar-refractivity contribution in [2.75, 3.05) is 40.8 Å². The number of carbonyl (C=O) groups is 1. The minimum atomic E-state index is -3.78. The van der Waals surface area contributed by atoms with Gasteiger partial charge in [0.15, 0.2) is 0 Å². The van der Waals surface area contributed by atoms with Gasteiger partial charge in [-0.3, -0.25) is 0 Å². The van der Waals surface area contributed by atoms with E-state index in [0.717, 1.165) is 22.8 Å². The lowest BCUT2D eigenvalue weighted by Gasteiger charge is -2.18. The molecule has 9 heteroatoms. The molecule has 0 fully saturated rings. The van der Waals surface area contributed by atoms with Crippen LogP contribution in [0.3, 0.4) is 0 Å². The quantitative estimate of drug-likeness (QED) is 0.742. The summed E-state index contributed by atoms with van der Waals surface area (Å²) in [7, 11) is 1.58. The Morgan fingerprint density at radius 3 is 2.61 bits per heavy atom. The van der Waals surface area contributed by atoms with Crippen molar-refractivity contribution in [3.05, 3.63) is 16.0 Å².